The lowest BCUT2D eigenvalue weighted by molar-refractivity contribution is 1.18. The van der Waals surface area contributed by atoms with Gasteiger partial charge in [-0.2, -0.15) is 0 Å². The molecule has 240 valence electrons. The first-order valence-electron chi connectivity index (χ1n) is 18.0. The summed E-state index contributed by atoms with van der Waals surface area (Å²) >= 11 is 0. The Hall–Kier alpha value is -6.90. The highest BCUT2D eigenvalue weighted by Crippen LogP contribution is 2.48. The van der Waals surface area contributed by atoms with E-state index in [0.29, 0.717) is 0 Å². The van der Waals surface area contributed by atoms with Crippen LogP contribution in [-0.2, 0) is 0 Å². The number of nitrogens with zero attached hydrogens (tertiary/aromatic N) is 2. The Kier molecular flexibility index (Phi) is 5.53. The van der Waals surface area contributed by atoms with Crippen molar-refractivity contribution in [3.8, 4) is 44.8 Å². The molecule has 2 aromatic heterocycles. The minimum atomic E-state index is 1.17. The van der Waals surface area contributed by atoms with E-state index in [1.807, 2.05) is 0 Å². The average Bonchev–Trinajstić information content (AvgIpc) is 3.84. The van der Waals surface area contributed by atoms with E-state index in [2.05, 4.69) is 191 Å². The van der Waals surface area contributed by atoms with Gasteiger partial charge < -0.3 is 9.13 Å². The lowest BCUT2D eigenvalue weighted by Crippen LogP contribution is -1.94. The zero-order chi connectivity index (χ0) is 33.9. The van der Waals surface area contributed by atoms with E-state index in [9.17, 15) is 0 Å². The van der Waals surface area contributed by atoms with E-state index in [0.717, 1.165) is 0 Å². The first kappa shape index (κ1) is 27.9. The van der Waals surface area contributed by atoms with Crippen molar-refractivity contribution in [2.24, 2.45) is 0 Å². The van der Waals surface area contributed by atoms with Crippen LogP contribution in [0.25, 0.3) is 110 Å². The van der Waals surface area contributed by atoms with Crippen molar-refractivity contribution in [1.82, 2.24) is 9.13 Å². The highest BCUT2D eigenvalue weighted by atomic mass is 15.0. The van der Waals surface area contributed by atoms with E-state index in [1.165, 1.54) is 110 Å². The van der Waals surface area contributed by atoms with Crippen LogP contribution in [0.1, 0.15) is 0 Å². The summed E-state index contributed by atoms with van der Waals surface area (Å²) in [5.74, 6) is 0. The summed E-state index contributed by atoms with van der Waals surface area (Å²) in [6, 6.07) is 67.2. The third-order valence-electron chi connectivity index (χ3n) is 11.4. The summed E-state index contributed by atoms with van der Waals surface area (Å²) in [6.07, 6.45) is 0. The third-order valence-corrected chi connectivity index (χ3v) is 11.4. The standard InChI is InChI=1S/C50H30N2/c1-2-13-35(14-3-1)52-48-27-22-34(29-45(48)42-24-20-31-10-4-5-15-37(31)50(42)52)33-21-26-47-44(28-33)39-16-6-7-19-46(39)51(47)36-23-25-38-40-17-8-11-32-12-9-18-41(49(32)40)43(38)30-36/h1-30H. The summed E-state index contributed by atoms with van der Waals surface area (Å²) in [5.41, 5.74) is 15.0. The van der Waals surface area contributed by atoms with Crippen LogP contribution in [0.2, 0.25) is 0 Å². The van der Waals surface area contributed by atoms with Gasteiger partial charge in [-0.25, -0.2) is 0 Å². The second kappa shape index (κ2) is 10.3. The lowest BCUT2D eigenvalue weighted by Gasteiger charge is -2.11. The molecular formula is C50H30N2. The van der Waals surface area contributed by atoms with E-state index in [1.54, 1.807) is 0 Å². The number of benzene rings is 9. The second-order valence-electron chi connectivity index (χ2n) is 14.1. The van der Waals surface area contributed by atoms with Crippen molar-refractivity contribution in [3.05, 3.63) is 182 Å². The molecule has 0 spiro atoms. The molecular weight excluding hydrogens is 629 g/mol. The smallest absolute Gasteiger partial charge is 0.0619 e. The van der Waals surface area contributed by atoms with Crippen LogP contribution in [0.3, 0.4) is 0 Å². The molecule has 0 N–H and O–H groups in total. The Morgan fingerprint density at radius 1 is 0.288 bits per heavy atom. The van der Waals surface area contributed by atoms with E-state index >= 15 is 0 Å². The lowest BCUT2D eigenvalue weighted by atomic mass is 10.00. The molecule has 0 unspecified atom stereocenters. The third kappa shape index (κ3) is 3.73. The number of aromatic nitrogens is 2. The maximum absolute atomic E-state index is 2.44. The predicted molar refractivity (Wildman–Crippen MR) is 220 cm³/mol. The van der Waals surface area contributed by atoms with Crippen LogP contribution < -0.4 is 0 Å². The van der Waals surface area contributed by atoms with Crippen molar-refractivity contribution in [2.75, 3.05) is 0 Å². The van der Waals surface area contributed by atoms with E-state index in [4.69, 9.17) is 0 Å². The molecule has 11 aromatic rings. The molecule has 0 saturated heterocycles. The number of rotatable bonds is 3. The van der Waals surface area contributed by atoms with Crippen LogP contribution in [-0.4, -0.2) is 9.13 Å². The zero-order valence-corrected chi connectivity index (χ0v) is 28.2. The molecule has 1 aliphatic carbocycles. The van der Waals surface area contributed by atoms with Gasteiger partial charge in [-0.05, 0) is 104 Å². The molecule has 0 aliphatic heterocycles. The largest absolute Gasteiger partial charge is 0.309 e. The molecule has 2 heteroatoms. The van der Waals surface area contributed by atoms with Gasteiger partial charge in [-0.15, -0.1) is 0 Å². The SMILES string of the molecule is c1ccc(-n2c3ccc(-c4ccc5c(c4)c4ccccc4n5-c4ccc5c(c4)-c4cccc6cccc-5c46)cc3c3ccc4ccccc4c32)cc1. The fourth-order valence-electron chi connectivity index (χ4n) is 9.15. The predicted octanol–water partition coefficient (Wildman–Crippen LogP) is 13.5. The Bertz CT molecular complexity index is 3280. The van der Waals surface area contributed by atoms with Gasteiger partial charge in [0.2, 0.25) is 0 Å². The average molecular weight is 659 g/mol. The zero-order valence-electron chi connectivity index (χ0n) is 28.2. The molecule has 2 heterocycles. The molecule has 0 bridgehead atoms. The van der Waals surface area contributed by atoms with Gasteiger partial charge in [-0.3, -0.25) is 0 Å². The Morgan fingerprint density at radius 2 is 0.923 bits per heavy atom. The van der Waals surface area contributed by atoms with Gasteiger partial charge in [0, 0.05) is 38.3 Å². The summed E-state index contributed by atoms with van der Waals surface area (Å²) < 4.78 is 4.88. The highest BCUT2D eigenvalue weighted by Gasteiger charge is 2.23. The minimum Gasteiger partial charge on any atom is -0.309 e. The van der Waals surface area contributed by atoms with Gasteiger partial charge in [0.15, 0.2) is 0 Å². The van der Waals surface area contributed by atoms with Gasteiger partial charge in [0.05, 0.1) is 22.1 Å². The van der Waals surface area contributed by atoms with Gasteiger partial charge in [0.25, 0.3) is 0 Å². The Balaban J connectivity index is 1.06. The monoisotopic (exact) mass is 658 g/mol. The van der Waals surface area contributed by atoms with Crippen molar-refractivity contribution in [2.45, 2.75) is 0 Å². The van der Waals surface area contributed by atoms with Gasteiger partial charge in [0.1, 0.15) is 0 Å². The number of para-hydroxylation sites is 2. The molecule has 2 nitrogen and oxygen atoms in total. The summed E-state index contributed by atoms with van der Waals surface area (Å²) in [5, 5.41) is 10.2. The molecule has 0 amide bonds. The van der Waals surface area contributed by atoms with Crippen molar-refractivity contribution in [1.29, 1.82) is 0 Å². The molecule has 0 radical (unpaired) electrons. The number of hydrogen-bond acceptors (Lipinski definition) is 0. The molecule has 12 rings (SSSR count). The summed E-state index contributed by atoms with van der Waals surface area (Å²) in [4.78, 5) is 0. The Morgan fingerprint density at radius 3 is 1.73 bits per heavy atom. The fourth-order valence-corrected chi connectivity index (χ4v) is 9.15. The van der Waals surface area contributed by atoms with Crippen molar-refractivity contribution in [3.63, 3.8) is 0 Å². The summed E-state index contributed by atoms with van der Waals surface area (Å²) in [7, 11) is 0. The van der Waals surface area contributed by atoms with Gasteiger partial charge in [-0.1, -0.05) is 127 Å². The van der Waals surface area contributed by atoms with E-state index < -0.39 is 0 Å². The second-order valence-corrected chi connectivity index (χ2v) is 14.1. The number of hydrogen-bond donors (Lipinski definition) is 0. The van der Waals surface area contributed by atoms with Crippen LogP contribution >= 0.6 is 0 Å². The molecule has 1 aliphatic rings. The first-order chi connectivity index (χ1) is 25.8. The highest BCUT2D eigenvalue weighted by molar-refractivity contribution is 6.20. The van der Waals surface area contributed by atoms with Crippen molar-refractivity contribution < 1.29 is 0 Å². The molecule has 9 aromatic carbocycles. The van der Waals surface area contributed by atoms with Crippen LogP contribution in [0.15, 0.2) is 182 Å². The maximum Gasteiger partial charge on any atom is 0.0619 e. The molecule has 0 fully saturated rings. The molecule has 0 saturated carbocycles. The maximum atomic E-state index is 2.44. The molecule has 52 heavy (non-hydrogen) atoms. The fraction of sp³-hybridized carbons (Fsp3) is 0. The molecule has 0 atom stereocenters. The summed E-state index contributed by atoms with van der Waals surface area (Å²) in [6.45, 7) is 0. The number of fused-ring (bicyclic) bond motifs is 11. The van der Waals surface area contributed by atoms with Crippen LogP contribution in [0.5, 0.6) is 0 Å². The Labute approximate surface area is 300 Å². The van der Waals surface area contributed by atoms with Crippen molar-refractivity contribution >= 4 is 65.2 Å². The quantitative estimate of drug-likeness (QED) is 0.179. The van der Waals surface area contributed by atoms with Gasteiger partial charge >= 0.3 is 0 Å². The first-order valence-corrected chi connectivity index (χ1v) is 18.0. The van der Waals surface area contributed by atoms with Crippen LogP contribution in [0.4, 0.5) is 0 Å². The minimum absolute atomic E-state index is 1.17. The topological polar surface area (TPSA) is 9.86 Å². The normalized spacial score (nSPS) is 12.2. The van der Waals surface area contributed by atoms with E-state index in [-0.39, 0.29) is 0 Å². The van der Waals surface area contributed by atoms with Crippen LogP contribution in [0, 0.1) is 0 Å².